The van der Waals surface area contributed by atoms with Crippen molar-refractivity contribution in [3.8, 4) is 17.1 Å². The number of aromatic nitrogens is 4. The fraction of sp³-hybridized carbons (Fsp3) is 0.333. The number of sulfonamides is 1. The van der Waals surface area contributed by atoms with E-state index in [1.54, 1.807) is 24.4 Å². The monoisotopic (exact) mass is 478 g/mol. The first-order valence-electron chi connectivity index (χ1n) is 11.3. The summed E-state index contributed by atoms with van der Waals surface area (Å²) in [5, 5.41) is 0. The highest BCUT2D eigenvalue weighted by Crippen LogP contribution is 2.28. The summed E-state index contributed by atoms with van der Waals surface area (Å²) in [6.45, 7) is 1.96. The fourth-order valence-corrected chi connectivity index (χ4v) is 5.22. The first-order valence-corrected chi connectivity index (χ1v) is 12.8. The highest BCUT2D eigenvalue weighted by molar-refractivity contribution is 7.96. The molecule has 0 amide bonds. The number of nitrogens with one attached hydrogen (secondary N) is 1. The van der Waals surface area contributed by atoms with Crippen molar-refractivity contribution in [2.45, 2.75) is 31.8 Å². The zero-order valence-electron chi connectivity index (χ0n) is 18.9. The normalized spacial score (nSPS) is 17.5. The number of nitrogens with zero attached hydrogens (tertiary/aromatic N) is 5. The van der Waals surface area contributed by atoms with Crippen LogP contribution in [0.3, 0.4) is 0 Å². The van der Waals surface area contributed by atoms with E-state index >= 15 is 0 Å². The van der Waals surface area contributed by atoms with Crippen molar-refractivity contribution in [1.29, 1.82) is 0 Å². The van der Waals surface area contributed by atoms with Crippen LogP contribution in [0.25, 0.3) is 22.3 Å². The molecule has 1 N–H and O–H groups in total. The molecule has 0 atom stereocenters. The average molecular weight is 479 g/mol. The molecule has 0 unspecified atom stereocenters. The van der Waals surface area contributed by atoms with Gasteiger partial charge in [0.15, 0.2) is 5.52 Å². The van der Waals surface area contributed by atoms with Gasteiger partial charge in [0, 0.05) is 24.8 Å². The molecule has 34 heavy (non-hydrogen) atoms. The summed E-state index contributed by atoms with van der Waals surface area (Å²) in [5.74, 6) is 0.460. The number of pyridine rings is 2. The quantitative estimate of drug-likeness (QED) is 0.573. The number of ether oxygens (including phenoxy) is 1. The summed E-state index contributed by atoms with van der Waals surface area (Å²) < 4.78 is 34.3. The molecule has 0 spiro atoms. The van der Waals surface area contributed by atoms with Crippen molar-refractivity contribution in [3.63, 3.8) is 0 Å². The Morgan fingerprint density at radius 3 is 2.76 bits per heavy atom. The van der Waals surface area contributed by atoms with Crippen LogP contribution in [0.1, 0.15) is 25.7 Å². The molecule has 176 valence electrons. The molecule has 3 aromatic heterocycles. The zero-order chi connectivity index (χ0) is 23.5. The van der Waals surface area contributed by atoms with Crippen molar-refractivity contribution in [1.82, 2.24) is 24.8 Å². The number of rotatable bonds is 6. The van der Waals surface area contributed by atoms with Crippen LogP contribution in [-0.2, 0) is 10.0 Å². The first kappa shape index (κ1) is 22.4. The predicted molar refractivity (Wildman–Crippen MR) is 131 cm³/mol. The molecular formula is C24H26N6O3S. The molecule has 1 saturated heterocycles. The second kappa shape index (κ2) is 9.47. The highest BCUT2D eigenvalue weighted by atomic mass is 32.2. The first-order chi connectivity index (χ1) is 16.5. The van der Waals surface area contributed by atoms with E-state index in [2.05, 4.69) is 31.6 Å². The Hall–Kier alpha value is -3.37. The molecule has 2 aliphatic rings. The van der Waals surface area contributed by atoms with E-state index in [0.29, 0.717) is 40.3 Å². The number of hydrogen-bond donors (Lipinski definition) is 1. The van der Waals surface area contributed by atoms with Crippen LogP contribution in [0.15, 0.2) is 60.1 Å². The molecule has 1 fully saturated rings. The molecule has 0 radical (unpaired) electrons. The van der Waals surface area contributed by atoms with Gasteiger partial charge in [0.25, 0.3) is 10.0 Å². The van der Waals surface area contributed by atoms with Gasteiger partial charge in [-0.2, -0.15) is 4.98 Å². The second-order valence-corrected chi connectivity index (χ2v) is 10.2. The third-order valence-electron chi connectivity index (χ3n) is 5.95. The maximum Gasteiger partial charge on any atom is 0.261 e. The van der Waals surface area contributed by atoms with Gasteiger partial charge in [-0.15, -0.1) is 0 Å². The minimum Gasteiger partial charge on any atom is -0.473 e. The Bertz CT molecular complexity index is 1360. The van der Waals surface area contributed by atoms with Crippen molar-refractivity contribution < 1.29 is 13.2 Å². The molecule has 0 bridgehead atoms. The van der Waals surface area contributed by atoms with Crippen LogP contribution in [0, 0.1) is 0 Å². The molecule has 5 rings (SSSR count). The summed E-state index contributed by atoms with van der Waals surface area (Å²) in [6.07, 6.45) is 13.3. The van der Waals surface area contributed by atoms with Gasteiger partial charge in [0.1, 0.15) is 12.4 Å². The molecule has 1 aliphatic carbocycles. The number of allylic oxidation sites excluding steroid dienone is 3. The summed E-state index contributed by atoms with van der Waals surface area (Å²) in [6, 6.07) is 5.40. The van der Waals surface area contributed by atoms with Crippen LogP contribution in [0.4, 0.5) is 5.69 Å². The second-order valence-electron chi connectivity index (χ2n) is 8.52. The number of anilines is 1. The van der Waals surface area contributed by atoms with E-state index in [9.17, 15) is 8.42 Å². The standard InChI is InChI=1S/C24H26N6O3S/c1-30-11-9-19(10-12-30)33-24-23-22(26-16-27-24)8-7-21(28-23)17-13-18(15-25-14-17)29-34(31,32)20-5-3-2-4-6-20/h3,5-8,13-16,19,29H,2,4,9-12H2,1H3. The lowest BCUT2D eigenvalue weighted by molar-refractivity contribution is 0.111. The number of likely N-dealkylation sites (tertiary alicyclic amines) is 1. The molecule has 0 aromatic carbocycles. The maximum atomic E-state index is 12.7. The number of hydrogen-bond acceptors (Lipinski definition) is 8. The summed E-state index contributed by atoms with van der Waals surface area (Å²) in [7, 11) is -1.57. The van der Waals surface area contributed by atoms with Crippen molar-refractivity contribution in [3.05, 3.63) is 60.1 Å². The van der Waals surface area contributed by atoms with Crippen LogP contribution < -0.4 is 9.46 Å². The number of fused-ring (bicyclic) bond motifs is 1. The summed E-state index contributed by atoms with van der Waals surface area (Å²) in [5.41, 5.74) is 2.92. The highest BCUT2D eigenvalue weighted by Gasteiger charge is 2.21. The van der Waals surface area contributed by atoms with Crippen molar-refractivity contribution in [2.75, 3.05) is 24.9 Å². The van der Waals surface area contributed by atoms with E-state index in [1.807, 2.05) is 18.2 Å². The SMILES string of the molecule is CN1CCC(Oc2ncnc3ccc(-c4cncc(NS(=O)(=O)C5=CCCC=C5)c4)nc23)CC1. The van der Waals surface area contributed by atoms with Gasteiger partial charge in [-0.25, -0.2) is 18.4 Å². The summed E-state index contributed by atoms with van der Waals surface area (Å²) in [4.78, 5) is 20.2. The molecule has 3 aromatic rings. The Balaban J connectivity index is 1.42. The lowest BCUT2D eigenvalue weighted by Crippen LogP contribution is -2.35. The molecule has 9 nitrogen and oxygen atoms in total. The van der Waals surface area contributed by atoms with Crippen LogP contribution >= 0.6 is 0 Å². The molecular weight excluding hydrogens is 452 g/mol. The van der Waals surface area contributed by atoms with E-state index in [1.165, 1.54) is 12.5 Å². The van der Waals surface area contributed by atoms with Crippen LogP contribution in [0.5, 0.6) is 5.88 Å². The van der Waals surface area contributed by atoms with Gasteiger partial charge in [-0.1, -0.05) is 12.2 Å². The third-order valence-corrected chi connectivity index (χ3v) is 7.38. The minimum absolute atomic E-state index is 0.0855. The smallest absolute Gasteiger partial charge is 0.261 e. The molecule has 4 heterocycles. The van der Waals surface area contributed by atoms with E-state index in [-0.39, 0.29) is 11.0 Å². The molecule has 10 heteroatoms. The average Bonchev–Trinajstić information content (AvgIpc) is 2.86. The van der Waals surface area contributed by atoms with E-state index in [0.717, 1.165) is 32.4 Å². The fourth-order valence-electron chi connectivity index (χ4n) is 4.06. The summed E-state index contributed by atoms with van der Waals surface area (Å²) >= 11 is 0. The van der Waals surface area contributed by atoms with Crippen molar-refractivity contribution in [2.24, 2.45) is 0 Å². The van der Waals surface area contributed by atoms with Gasteiger partial charge >= 0.3 is 0 Å². The van der Waals surface area contributed by atoms with Gasteiger partial charge in [0.05, 0.1) is 28.0 Å². The van der Waals surface area contributed by atoms with E-state index in [4.69, 9.17) is 9.72 Å². The minimum atomic E-state index is -3.68. The van der Waals surface area contributed by atoms with Gasteiger partial charge in [0.2, 0.25) is 5.88 Å². The Morgan fingerprint density at radius 1 is 1.12 bits per heavy atom. The predicted octanol–water partition coefficient (Wildman–Crippen LogP) is 3.54. The maximum absolute atomic E-state index is 12.7. The lowest BCUT2D eigenvalue weighted by atomic mass is 10.1. The van der Waals surface area contributed by atoms with Gasteiger partial charge in [-0.3, -0.25) is 9.71 Å². The lowest BCUT2D eigenvalue weighted by Gasteiger charge is -2.29. The topological polar surface area (TPSA) is 110 Å². The Morgan fingerprint density at radius 2 is 1.97 bits per heavy atom. The number of piperidine rings is 1. The molecule has 0 saturated carbocycles. The van der Waals surface area contributed by atoms with Crippen molar-refractivity contribution >= 4 is 26.7 Å². The molecule has 1 aliphatic heterocycles. The van der Waals surface area contributed by atoms with Crippen LogP contribution in [-0.4, -0.2) is 59.5 Å². The Kier molecular flexibility index (Phi) is 6.25. The van der Waals surface area contributed by atoms with Crippen LogP contribution in [0.2, 0.25) is 0 Å². The van der Waals surface area contributed by atoms with E-state index < -0.39 is 10.0 Å². The largest absolute Gasteiger partial charge is 0.473 e. The van der Waals surface area contributed by atoms with Gasteiger partial charge in [-0.05, 0) is 57.0 Å². The third kappa shape index (κ3) is 4.92. The van der Waals surface area contributed by atoms with Gasteiger partial charge < -0.3 is 9.64 Å². The zero-order valence-corrected chi connectivity index (χ0v) is 19.7. The Labute approximate surface area is 198 Å².